The first-order valence-corrected chi connectivity index (χ1v) is 7.47. The summed E-state index contributed by atoms with van der Waals surface area (Å²) in [4.78, 5) is 4.38. The highest BCUT2D eigenvalue weighted by Crippen LogP contribution is 2.58. The lowest BCUT2D eigenvalue weighted by molar-refractivity contribution is 0.341. The van der Waals surface area contributed by atoms with E-state index in [-0.39, 0.29) is 17.8 Å². The molecule has 6 heteroatoms. The van der Waals surface area contributed by atoms with Crippen LogP contribution in [0.4, 0.5) is 4.39 Å². The van der Waals surface area contributed by atoms with Gasteiger partial charge in [0.15, 0.2) is 0 Å². The third kappa shape index (κ3) is 1.90. The molecule has 1 aromatic heterocycles. The van der Waals surface area contributed by atoms with Crippen LogP contribution >= 0.6 is 15.9 Å². The van der Waals surface area contributed by atoms with Crippen molar-refractivity contribution in [3.8, 4) is 11.4 Å². The van der Waals surface area contributed by atoms with Crippen molar-refractivity contribution in [1.82, 2.24) is 10.1 Å². The molecule has 0 radical (unpaired) electrons. The first kappa shape index (κ1) is 12.5. The molecule has 0 amide bonds. The van der Waals surface area contributed by atoms with Gasteiger partial charge in [-0.25, -0.2) is 4.39 Å². The van der Waals surface area contributed by atoms with Crippen LogP contribution in [0.25, 0.3) is 11.4 Å². The van der Waals surface area contributed by atoms with Crippen LogP contribution in [0, 0.1) is 17.7 Å². The van der Waals surface area contributed by atoms with Gasteiger partial charge in [-0.05, 0) is 42.9 Å². The van der Waals surface area contributed by atoms with Crippen LogP contribution in [0.3, 0.4) is 0 Å². The molecular weight excluding hydrogens is 325 g/mol. The summed E-state index contributed by atoms with van der Waals surface area (Å²) >= 11 is 3.23. The van der Waals surface area contributed by atoms with Gasteiger partial charge in [0.1, 0.15) is 5.82 Å². The van der Waals surface area contributed by atoms with E-state index >= 15 is 0 Å². The molecule has 4 nitrogen and oxygen atoms in total. The Balaban J connectivity index is 1.65. The van der Waals surface area contributed by atoms with Crippen LogP contribution in [-0.2, 0) is 0 Å². The zero-order chi connectivity index (χ0) is 13.9. The molecule has 0 aliphatic heterocycles. The highest BCUT2D eigenvalue weighted by molar-refractivity contribution is 9.10. The number of aromatic nitrogens is 2. The second-order valence-corrected chi connectivity index (χ2v) is 6.57. The van der Waals surface area contributed by atoms with E-state index in [9.17, 15) is 4.39 Å². The van der Waals surface area contributed by atoms with E-state index in [1.54, 1.807) is 12.1 Å². The second-order valence-electron chi connectivity index (χ2n) is 5.65. The van der Waals surface area contributed by atoms with Crippen molar-refractivity contribution in [3.63, 3.8) is 0 Å². The van der Waals surface area contributed by atoms with E-state index in [1.807, 2.05) is 0 Å². The third-order valence-electron chi connectivity index (χ3n) is 4.41. The average Bonchev–Trinajstić information content (AvgIpc) is 2.93. The van der Waals surface area contributed by atoms with Gasteiger partial charge in [0.25, 0.3) is 0 Å². The molecule has 0 unspecified atom stereocenters. The Labute approximate surface area is 123 Å². The molecule has 0 bridgehead atoms. The number of nitrogens with zero attached hydrogens (tertiary/aromatic N) is 2. The van der Waals surface area contributed by atoms with E-state index in [2.05, 4.69) is 26.1 Å². The van der Waals surface area contributed by atoms with Gasteiger partial charge in [-0.15, -0.1) is 0 Å². The Morgan fingerprint density at radius 3 is 2.80 bits per heavy atom. The number of benzene rings is 1. The van der Waals surface area contributed by atoms with Crippen LogP contribution < -0.4 is 5.73 Å². The number of nitrogens with two attached hydrogens (primary N) is 1. The fourth-order valence-electron chi connectivity index (χ4n) is 3.28. The highest BCUT2D eigenvalue weighted by Gasteiger charge is 2.55. The van der Waals surface area contributed by atoms with E-state index in [1.165, 1.54) is 6.07 Å². The minimum atomic E-state index is -0.362. The number of hydrogen-bond acceptors (Lipinski definition) is 4. The third-order valence-corrected chi connectivity index (χ3v) is 4.91. The summed E-state index contributed by atoms with van der Waals surface area (Å²) in [6, 6.07) is 5.05. The summed E-state index contributed by atoms with van der Waals surface area (Å²) in [5.41, 5.74) is 6.41. The number of fused-ring (bicyclic) bond motifs is 1. The molecular formula is C14H13BrFN3O. The zero-order valence-electron chi connectivity index (χ0n) is 10.6. The Hall–Kier alpha value is -1.27. The lowest BCUT2D eigenvalue weighted by atomic mass is 10.0. The standard InChI is InChI=1S/C14H13BrFN3O/c15-6-1-2-7(11(16)3-6)13-18-14(20-19-13)10-5-12(17)9-4-8(9)10/h1-3,8-10,12H,4-5,17H2/t8-,9+,10-,12+/m0/s1. The van der Waals surface area contributed by atoms with Crippen LogP contribution in [0.15, 0.2) is 27.2 Å². The monoisotopic (exact) mass is 337 g/mol. The maximum atomic E-state index is 13.9. The first-order chi connectivity index (χ1) is 9.63. The number of rotatable bonds is 2. The molecule has 2 fully saturated rings. The topological polar surface area (TPSA) is 64.9 Å². The lowest BCUT2D eigenvalue weighted by Gasteiger charge is -2.07. The van der Waals surface area contributed by atoms with Gasteiger partial charge in [0.05, 0.1) is 5.56 Å². The van der Waals surface area contributed by atoms with Crippen LogP contribution in [0.5, 0.6) is 0 Å². The summed E-state index contributed by atoms with van der Waals surface area (Å²) < 4.78 is 19.9. The van der Waals surface area contributed by atoms with Crippen LogP contribution in [0.2, 0.25) is 0 Å². The second kappa shape index (κ2) is 4.36. The van der Waals surface area contributed by atoms with Crippen molar-refractivity contribution in [3.05, 3.63) is 34.4 Å². The molecule has 2 aliphatic carbocycles. The summed E-state index contributed by atoms with van der Waals surface area (Å²) in [6.07, 6.45) is 2.04. The van der Waals surface area contributed by atoms with Crippen molar-refractivity contribution in [2.45, 2.75) is 24.8 Å². The molecule has 4 rings (SSSR count). The Bertz CT molecular complexity index is 674. The molecule has 104 valence electrons. The maximum absolute atomic E-state index is 13.9. The Morgan fingerprint density at radius 1 is 1.30 bits per heavy atom. The van der Waals surface area contributed by atoms with Gasteiger partial charge in [0.2, 0.25) is 11.7 Å². The van der Waals surface area contributed by atoms with Gasteiger partial charge in [-0.3, -0.25) is 0 Å². The van der Waals surface area contributed by atoms with Crippen molar-refractivity contribution >= 4 is 15.9 Å². The van der Waals surface area contributed by atoms with Crippen LogP contribution in [0.1, 0.15) is 24.7 Å². The summed E-state index contributed by atoms with van der Waals surface area (Å²) in [6.45, 7) is 0. The summed E-state index contributed by atoms with van der Waals surface area (Å²) in [5, 5.41) is 3.92. The van der Waals surface area contributed by atoms with E-state index in [0.29, 0.717) is 33.6 Å². The molecule has 1 heterocycles. The van der Waals surface area contributed by atoms with Gasteiger partial charge in [0, 0.05) is 16.4 Å². The summed E-state index contributed by atoms with van der Waals surface area (Å²) in [5.74, 6) is 1.98. The molecule has 4 atom stereocenters. The smallest absolute Gasteiger partial charge is 0.230 e. The molecule has 2 aromatic rings. The molecule has 2 N–H and O–H groups in total. The van der Waals surface area contributed by atoms with E-state index < -0.39 is 0 Å². The van der Waals surface area contributed by atoms with Crippen molar-refractivity contribution in [2.24, 2.45) is 17.6 Å². The van der Waals surface area contributed by atoms with Crippen molar-refractivity contribution in [2.75, 3.05) is 0 Å². The lowest BCUT2D eigenvalue weighted by Crippen LogP contribution is -2.19. The zero-order valence-corrected chi connectivity index (χ0v) is 12.2. The highest BCUT2D eigenvalue weighted by atomic mass is 79.9. The number of hydrogen-bond donors (Lipinski definition) is 1. The van der Waals surface area contributed by atoms with E-state index in [4.69, 9.17) is 10.3 Å². The predicted octanol–water partition coefficient (Wildman–Crippen LogP) is 3.09. The van der Waals surface area contributed by atoms with Crippen LogP contribution in [-0.4, -0.2) is 16.2 Å². The van der Waals surface area contributed by atoms with Gasteiger partial charge in [-0.1, -0.05) is 21.1 Å². The van der Waals surface area contributed by atoms with Crippen molar-refractivity contribution < 1.29 is 8.91 Å². The molecule has 20 heavy (non-hydrogen) atoms. The van der Waals surface area contributed by atoms with E-state index in [0.717, 1.165) is 12.8 Å². The Morgan fingerprint density at radius 2 is 2.15 bits per heavy atom. The quantitative estimate of drug-likeness (QED) is 0.914. The SMILES string of the molecule is N[C@@H]1C[C@H](c2nc(-c3ccc(Br)cc3F)no2)[C@H]2C[C@H]21. The maximum Gasteiger partial charge on any atom is 0.230 e. The number of halogens is 2. The molecule has 1 aromatic carbocycles. The predicted molar refractivity (Wildman–Crippen MR) is 74.3 cm³/mol. The van der Waals surface area contributed by atoms with Gasteiger partial charge in [-0.2, -0.15) is 4.98 Å². The minimum absolute atomic E-state index is 0.241. The first-order valence-electron chi connectivity index (χ1n) is 6.68. The molecule has 2 saturated carbocycles. The average molecular weight is 338 g/mol. The van der Waals surface area contributed by atoms with Crippen molar-refractivity contribution in [1.29, 1.82) is 0 Å². The minimum Gasteiger partial charge on any atom is -0.339 e. The van der Waals surface area contributed by atoms with Gasteiger partial charge >= 0.3 is 0 Å². The largest absolute Gasteiger partial charge is 0.339 e. The molecule has 0 saturated heterocycles. The fourth-order valence-corrected chi connectivity index (χ4v) is 3.62. The summed E-state index contributed by atoms with van der Waals surface area (Å²) in [7, 11) is 0. The molecule has 0 spiro atoms. The Kier molecular flexibility index (Phi) is 2.72. The molecule has 2 aliphatic rings. The van der Waals surface area contributed by atoms with Gasteiger partial charge < -0.3 is 10.3 Å². The fraction of sp³-hybridized carbons (Fsp3) is 0.429. The normalized spacial score (nSPS) is 31.4.